The van der Waals surface area contributed by atoms with Crippen molar-refractivity contribution in [3.8, 4) is 17.3 Å². The maximum absolute atomic E-state index is 5.63. The first-order valence-corrected chi connectivity index (χ1v) is 12.5. The van der Waals surface area contributed by atoms with Gasteiger partial charge in [-0.05, 0) is 44.4 Å². The third kappa shape index (κ3) is 3.60. The molecule has 6 rings (SSSR count). The number of fused-ring (bicyclic) bond motifs is 2. The zero-order valence-corrected chi connectivity index (χ0v) is 19.4. The summed E-state index contributed by atoms with van der Waals surface area (Å²) in [4.78, 5) is 8.48. The van der Waals surface area contributed by atoms with E-state index in [1.54, 1.807) is 0 Å². The van der Waals surface area contributed by atoms with Crippen LogP contribution in [0.15, 0.2) is 36.4 Å². The van der Waals surface area contributed by atoms with Crippen LogP contribution in [0.1, 0.15) is 39.0 Å². The Hall–Kier alpha value is -2.90. The molecule has 0 atom stereocenters. The average Bonchev–Trinajstić information content (AvgIpc) is 3.48. The van der Waals surface area contributed by atoms with Crippen LogP contribution in [0.4, 0.5) is 5.69 Å². The summed E-state index contributed by atoms with van der Waals surface area (Å²) in [5.74, 6) is 1.66. The zero-order valence-electron chi connectivity index (χ0n) is 19.4. The molecule has 2 saturated heterocycles. The van der Waals surface area contributed by atoms with E-state index in [4.69, 9.17) is 9.72 Å². The van der Waals surface area contributed by atoms with Gasteiger partial charge in [-0.1, -0.05) is 0 Å². The number of nitrogens with zero attached hydrogens (tertiary/aromatic N) is 3. The molecule has 0 amide bonds. The molecule has 4 heterocycles. The Balaban J connectivity index is 1.38. The number of rotatable bonds is 5. The highest BCUT2D eigenvalue weighted by Gasteiger charge is 2.41. The number of H-pyrrole nitrogens is 2. The number of imidazole rings is 1. The number of benzene rings is 2. The lowest BCUT2D eigenvalue weighted by molar-refractivity contribution is 0.139. The fourth-order valence-corrected chi connectivity index (χ4v) is 6.03. The van der Waals surface area contributed by atoms with Gasteiger partial charge in [0.05, 0.1) is 42.3 Å². The highest BCUT2D eigenvalue weighted by Crippen LogP contribution is 2.37. The van der Waals surface area contributed by atoms with Crippen molar-refractivity contribution in [1.82, 2.24) is 30.0 Å². The molecule has 0 radical (unpaired) electrons. The molecule has 0 saturated carbocycles. The van der Waals surface area contributed by atoms with E-state index in [1.807, 2.05) is 19.1 Å². The number of piperidine rings is 2. The van der Waals surface area contributed by atoms with Gasteiger partial charge in [0.25, 0.3) is 0 Å². The van der Waals surface area contributed by atoms with Gasteiger partial charge in [-0.25, -0.2) is 4.98 Å². The van der Waals surface area contributed by atoms with E-state index >= 15 is 0 Å². The van der Waals surface area contributed by atoms with Crippen LogP contribution < -0.4 is 14.5 Å². The maximum Gasteiger partial charge on any atom is 0.159 e. The first-order valence-electron chi connectivity index (χ1n) is 12.5. The summed E-state index contributed by atoms with van der Waals surface area (Å²) in [5.41, 5.74) is 5.35. The number of likely N-dealkylation sites (tertiary alicyclic amines) is 1. The van der Waals surface area contributed by atoms with E-state index in [2.05, 4.69) is 44.8 Å². The van der Waals surface area contributed by atoms with E-state index in [0.29, 0.717) is 12.6 Å². The zero-order chi connectivity index (χ0) is 22.3. The van der Waals surface area contributed by atoms with Crippen LogP contribution in [-0.2, 0) is 0 Å². The minimum atomic E-state index is 0.649. The van der Waals surface area contributed by atoms with Crippen molar-refractivity contribution in [3.05, 3.63) is 36.4 Å². The van der Waals surface area contributed by atoms with Gasteiger partial charge in [-0.3, -0.25) is 9.58 Å². The Morgan fingerprint density at radius 3 is 2.67 bits per heavy atom. The molecule has 4 aromatic rings. The first kappa shape index (κ1) is 20.7. The van der Waals surface area contributed by atoms with Gasteiger partial charge in [0.2, 0.25) is 0 Å². The summed E-state index contributed by atoms with van der Waals surface area (Å²) in [6.45, 7) is 7.42. The molecule has 0 unspecified atom stereocenters. The van der Waals surface area contributed by atoms with Crippen molar-refractivity contribution in [2.24, 2.45) is 0 Å². The van der Waals surface area contributed by atoms with Crippen molar-refractivity contribution in [2.45, 2.75) is 45.1 Å². The van der Waals surface area contributed by atoms with E-state index in [9.17, 15) is 0 Å². The third-order valence-corrected chi connectivity index (χ3v) is 7.67. The van der Waals surface area contributed by atoms with Gasteiger partial charge >= 0.3 is 0 Å². The largest absolute Gasteiger partial charge is 0.494 e. The minimum Gasteiger partial charge on any atom is -0.494 e. The normalized spacial score (nSPS) is 19.3. The molecule has 0 spiro atoms. The second-order valence-electron chi connectivity index (χ2n) is 9.52. The van der Waals surface area contributed by atoms with Crippen molar-refractivity contribution < 1.29 is 4.74 Å². The van der Waals surface area contributed by atoms with Crippen LogP contribution in [0.25, 0.3) is 33.5 Å². The standard InChI is InChI=1S/C26H33N6O/c1-2-33-20-7-8-21-23(17-20)30-31-25(21)26-28-22-9-6-19(16-24(22)29-26)32(14-4-3-5-15-32)18-10-12-27-13-11-18/h6-9,16-18,27H,2-5,10-15H2,1H3,(H,28,29)(H,30,31)/q+1. The molecular weight excluding hydrogens is 412 g/mol. The van der Waals surface area contributed by atoms with Gasteiger partial charge in [0.1, 0.15) is 17.1 Å². The molecule has 3 N–H and O–H groups in total. The molecule has 2 aromatic carbocycles. The van der Waals surface area contributed by atoms with Gasteiger partial charge in [-0.2, -0.15) is 5.10 Å². The molecule has 2 fully saturated rings. The van der Waals surface area contributed by atoms with Crippen molar-refractivity contribution in [2.75, 3.05) is 32.8 Å². The van der Waals surface area contributed by atoms with Gasteiger partial charge in [0.15, 0.2) is 5.82 Å². The van der Waals surface area contributed by atoms with Crippen molar-refractivity contribution in [3.63, 3.8) is 0 Å². The second kappa shape index (κ2) is 8.47. The lowest BCUT2D eigenvalue weighted by Crippen LogP contribution is -2.62. The molecule has 0 aliphatic carbocycles. The lowest BCUT2D eigenvalue weighted by atomic mass is 9.95. The number of hydrogen-bond acceptors (Lipinski definition) is 4. The van der Waals surface area contributed by atoms with Crippen LogP contribution in [0.3, 0.4) is 0 Å². The maximum atomic E-state index is 5.63. The number of ether oxygens (including phenoxy) is 1. The molecular formula is C26H33N6O+. The van der Waals surface area contributed by atoms with Crippen LogP contribution in [0, 0.1) is 0 Å². The third-order valence-electron chi connectivity index (χ3n) is 7.67. The summed E-state index contributed by atoms with van der Waals surface area (Å²) < 4.78 is 6.77. The Morgan fingerprint density at radius 1 is 1.00 bits per heavy atom. The molecule has 2 aliphatic heterocycles. The summed E-state index contributed by atoms with van der Waals surface area (Å²) in [6.07, 6.45) is 6.52. The summed E-state index contributed by atoms with van der Waals surface area (Å²) in [6, 6.07) is 13.7. The summed E-state index contributed by atoms with van der Waals surface area (Å²) in [7, 11) is 0. The minimum absolute atomic E-state index is 0.649. The number of nitrogens with one attached hydrogen (secondary N) is 3. The quantitative estimate of drug-likeness (QED) is 0.388. The average molecular weight is 446 g/mol. The molecule has 172 valence electrons. The Bertz CT molecular complexity index is 1260. The number of quaternary nitrogens is 1. The van der Waals surface area contributed by atoms with Gasteiger partial charge in [-0.15, -0.1) is 0 Å². The van der Waals surface area contributed by atoms with Crippen molar-refractivity contribution in [1.29, 1.82) is 0 Å². The number of aromatic nitrogens is 4. The van der Waals surface area contributed by atoms with E-state index < -0.39 is 0 Å². The fourth-order valence-electron chi connectivity index (χ4n) is 6.03. The fraction of sp³-hybridized carbons (Fsp3) is 0.462. The number of aromatic amines is 2. The molecule has 0 bridgehead atoms. The lowest BCUT2D eigenvalue weighted by Gasteiger charge is -2.48. The predicted octanol–water partition coefficient (Wildman–Crippen LogP) is 4.75. The van der Waals surface area contributed by atoms with Crippen LogP contribution in [0.2, 0.25) is 0 Å². The molecule has 2 aliphatic rings. The van der Waals surface area contributed by atoms with E-state index in [1.165, 1.54) is 50.9 Å². The van der Waals surface area contributed by atoms with E-state index in [0.717, 1.165) is 56.8 Å². The molecule has 2 aromatic heterocycles. The van der Waals surface area contributed by atoms with Crippen LogP contribution in [0.5, 0.6) is 5.75 Å². The monoisotopic (exact) mass is 445 g/mol. The highest BCUT2D eigenvalue weighted by atomic mass is 16.5. The molecule has 7 heteroatoms. The highest BCUT2D eigenvalue weighted by molar-refractivity contribution is 5.94. The van der Waals surface area contributed by atoms with Gasteiger partial charge in [0, 0.05) is 49.5 Å². The SMILES string of the molecule is CCOc1ccc2c(-c3nc4ccc([N+]5(C6CCNCC6)CCCCC5)cc4[nH]3)n[nH]c2c1. The van der Waals surface area contributed by atoms with Crippen LogP contribution >= 0.6 is 0 Å². The summed E-state index contributed by atoms with van der Waals surface area (Å²) in [5, 5.41) is 12.3. The predicted molar refractivity (Wildman–Crippen MR) is 134 cm³/mol. The first-order chi connectivity index (χ1) is 16.3. The smallest absolute Gasteiger partial charge is 0.159 e. The van der Waals surface area contributed by atoms with Gasteiger partial charge < -0.3 is 15.0 Å². The Morgan fingerprint density at radius 2 is 1.85 bits per heavy atom. The topological polar surface area (TPSA) is 78.6 Å². The van der Waals surface area contributed by atoms with Crippen molar-refractivity contribution >= 4 is 27.6 Å². The second-order valence-corrected chi connectivity index (χ2v) is 9.52. The van der Waals surface area contributed by atoms with Crippen LogP contribution in [-0.4, -0.2) is 59.0 Å². The summed E-state index contributed by atoms with van der Waals surface area (Å²) >= 11 is 0. The Labute approximate surface area is 194 Å². The number of hydrogen-bond donors (Lipinski definition) is 3. The molecule has 33 heavy (non-hydrogen) atoms. The van der Waals surface area contributed by atoms with E-state index in [-0.39, 0.29) is 0 Å². The molecule has 7 nitrogen and oxygen atoms in total. The Kier molecular flexibility index (Phi) is 5.31.